The summed E-state index contributed by atoms with van der Waals surface area (Å²) in [4.78, 5) is 8.03. The van der Waals surface area contributed by atoms with Crippen molar-refractivity contribution < 1.29 is 9.13 Å². The van der Waals surface area contributed by atoms with Crippen LogP contribution in [0.4, 0.5) is 4.39 Å². The average Bonchev–Trinajstić information content (AvgIpc) is 2.32. The second kappa shape index (κ2) is 4.84. The summed E-state index contributed by atoms with van der Waals surface area (Å²) < 4.78 is 18.1. The van der Waals surface area contributed by atoms with E-state index in [1.807, 2.05) is 0 Å². The molecular weight excluding hydrogens is 241 g/mol. The van der Waals surface area contributed by atoms with Crippen molar-refractivity contribution in [2.45, 2.75) is 0 Å². The van der Waals surface area contributed by atoms with Crippen molar-refractivity contribution >= 4 is 17.2 Å². The first-order valence-corrected chi connectivity index (χ1v) is 5.12. The van der Waals surface area contributed by atoms with E-state index in [2.05, 4.69) is 9.97 Å². The van der Waals surface area contributed by atoms with Gasteiger partial charge in [0.2, 0.25) is 5.88 Å². The molecule has 0 fully saturated rings. The highest BCUT2D eigenvalue weighted by molar-refractivity contribution is 7.80. The molecule has 1 heterocycles. The van der Waals surface area contributed by atoms with E-state index in [0.29, 0.717) is 11.4 Å². The molecule has 2 aromatic rings. The highest BCUT2D eigenvalue weighted by Gasteiger charge is 2.09. The first-order chi connectivity index (χ1) is 8.16. The Bertz CT molecular complexity index is 545. The number of hydrogen-bond donors (Lipinski definition) is 1. The monoisotopic (exact) mass is 249 g/mol. The van der Waals surface area contributed by atoms with Gasteiger partial charge in [-0.25, -0.2) is 14.4 Å². The lowest BCUT2D eigenvalue weighted by Gasteiger charge is -2.07. The van der Waals surface area contributed by atoms with Crippen LogP contribution in [-0.4, -0.2) is 15.0 Å². The Morgan fingerprint density at radius 2 is 1.82 bits per heavy atom. The number of aromatic nitrogens is 2. The molecule has 0 aliphatic carbocycles. The molecule has 0 amide bonds. The molecule has 6 heteroatoms. The van der Waals surface area contributed by atoms with Gasteiger partial charge in [0.15, 0.2) is 5.69 Å². The van der Waals surface area contributed by atoms with E-state index >= 15 is 0 Å². The third kappa shape index (κ3) is 2.73. The molecule has 86 valence electrons. The SMILES string of the molecule is NC(=S)c1nccnc1Oc1ccc(F)cc1. The van der Waals surface area contributed by atoms with Gasteiger partial charge in [-0.05, 0) is 24.3 Å². The fraction of sp³-hybridized carbons (Fsp3) is 0. The van der Waals surface area contributed by atoms with Crippen molar-refractivity contribution in [2.75, 3.05) is 0 Å². The number of ether oxygens (including phenoxy) is 1. The number of hydrogen-bond acceptors (Lipinski definition) is 4. The lowest BCUT2D eigenvalue weighted by atomic mass is 10.3. The molecule has 0 saturated carbocycles. The minimum absolute atomic E-state index is 0.0928. The van der Waals surface area contributed by atoms with E-state index in [-0.39, 0.29) is 16.7 Å². The van der Waals surface area contributed by atoms with Crippen LogP contribution in [0, 0.1) is 5.82 Å². The summed E-state index contributed by atoms with van der Waals surface area (Å²) in [5.41, 5.74) is 5.78. The summed E-state index contributed by atoms with van der Waals surface area (Å²) in [6, 6.07) is 5.53. The molecule has 0 spiro atoms. The van der Waals surface area contributed by atoms with E-state index < -0.39 is 0 Å². The fourth-order valence-electron chi connectivity index (χ4n) is 1.18. The number of thiocarbonyl (C=S) groups is 1. The van der Waals surface area contributed by atoms with Gasteiger partial charge in [-0.1, -0.05) is 12.2 Å². The number of benzene rings is 1. The Labute approximate surface area is 102 Å². The van der Waals surface area contributed by atoms with Crippen molar-refractivity contribution in [1.82, 2.24) is 9.97 Å². The predicted molar refractivity (Wildman–Crippen MR) is 64.4 cm³/mol. The smallest absolute Gasteiger partial charge is 0.248 e. The maximum absolute atomic E-state index is 12.7. The summed E-state index contributed by atoms with van der Waals surface area (Å²) in [6.45, 7) is 0. The molecule has 0 aliphatic rings. The largest absolute Gasteiger partial charge is 0.437 e. The summed E-state index contributed by atoms with van der Waals surface area (Å²) in [5, 5.41) is 0. The minimum Gasteiger partial charge on any atom is -0.437 e. The summed E-state index contributed by atoms with van der Waals surface area (Å²) in [5.74, 6) is 0.294. The van der Waals surface area contributed by atoms with Crippen molar-refractivity contribution in [3.8, 4) is 11.6 Å². The predicted octanol–water partition coefficient (Wildman–Crippen LogP) is 2.04. The normalized spacial score (nSPS) is 9.94. The van der Waals surface area contributed by atoms with Gasteiger partial charge in [-0.3, -0.25) is 0 Å². The van der Waals surface area contributed by atoms with Crippen LogP contribution < -0.4 is 10.5 Å². The highest BCUT2D eigenvalue weighted by atomic mass is 32.1. The Morgan fingerprint density at radius 1 is 1.18 bits per heavy atom. The van der Waals surface area contributed by atoms with Crippen LogP contribution in [0.5, 0.6) is 11.6 Å². The van der Waals surface area contributed by atoms with Crippen molar-refractivity contribution in [3.63, 3.8) is 0 Å². The van der Waals surface area contributed by atoms with E-state index in [1.165, 1.54) is 36.7 Å². The molecule has 2 N–H and O–H groups in total. The van der Waals surface area contributed by atoms with Gasteiger partial charge in [0.05, 0.1) is 0 Å². The molecule has 17 heavy (non-hydrogen) atoms. The van der Waals surface area contributed by atoms with Crippen LogP contribution in [0.2, 0.25) is 0 Å². The zero-order chi connectivity index (χ0) is 12.3. The van der Waals surface area contributed by atoms with Gasteiger partial charge >= 0.3 is 0 Å². The van der Waals surface area contributed by atoms with E-state index in [4.69, 9.17) is 22.7 Å². The molecule has 0 saturated heterocycles. The van der Waals surface area contributed by atoms with Crippen LogP contribution >= 0.6 is 12.2 Å². The van der Waals surface area contributed by atoms with Gasteiger partial charge in [0, 0.05) is 12.4 Å². The maximum Gasteiger partial charge on any atom is 0.248 e. The van der Waals surface area contributed by atoms with Crippen molar-refractivity contribution in [3.05, 3.63) is 48.2 Å². The fourth-order valence-corrected chi connectivity index (χ4v) is 1.32. The molecule has 0 bridgehead atoms. The maximum atomic E-state index is 12.7. The summed E-state index contributed by atoms with van der Waals surface area (Å²) in [6.07, 6.45) is 2.92. The average molecular weight is 249 g/mol. The molecule has 0 unspecified atom stereocenters. The lowest BCUT2D eigenvalue weighted by Crippen LogP contribution is -2.13. The van der Waals surface area contributed by atoms with Gasteiger partial charge < -0.3 is 10.5 Å². The van der Waals surface area contributed by atoms with Crippen molar-refractivity contribution in [1.29, 1.82) is 0 Å². The molecular formula is C11H8FN3OS. The van der Waals surface area contributed by atoms with E-state index in [0.717, 1.165) is 0 Å². The van der Waals surface area contributed by atoms with Crippen LogP contribution in [-0.2, 0) is 0 Å². The van der Waals surface area contributed by atoms with Gasteiger partial charge in [0.1, 0.15) is 16.6 Å². The number of nitrogens with zero attached hydrogens (tertiary/aromatic N) is 2. The molecule has 0 atom stereocenters. The molecule has 1 aromatic carbocycles. The molecule has 2 rings (SSSR count). The van der Waals surface area contributed by atoms with Crippen LogP contribution in [0.1, 0.15) is 5.69 Å². The molecule has 4 nitrogen and oxygen atoms in total. The van der Waals surface area contributed by atoms with Crippen LogP contribution in [0.3, 0.4) is 0 Å². The Hall–Kier alpha value is -2.08. The van der Waals surface area contributed by atoms with Crippen LogP contribution in [0.25, 0.3) is 0 Å². The van der Waals surface area contributed by atoms with Gasteiger partial charge in [-0.15, -0.1) is 0 Å². The Morgan fingerprint density at radius 3 is 2.47 bits per heavy atom. The summed E-state index contributed by atoms with van der Waals surface area (Å²) in [7, 11) is 0. The zero-order valence-corrected chi connectivity index (χ0v) is 9.45. The topological polar surface area (TPSA) is 61.0 Å². The molecule has 0 aliphatic heterocycles. The summed E-state index contributed by atoms with van der Waals surface area (Å²) >= 11 is 4.82. The van der Waals surface area contributed by atoms with Crippen LogP contribution in [0.15, 0.2) is 36.7 Å². The first kappa shape index (κ1) is 11.4. The van der Waals surface area contributed by atoms with Gasteiger partial charge in [0.25, 0.3) is 0 Å². The highest BCUT2D eigenvalue weighted by Crippen LogP contribution is 2.21. The number of nitrogens with two attached hydrogens (primary N) is 1. The Kier molecular flexibility index (Phi) is 3.24. The number of halogens is 1. The zero-order valence-electron chi connectivity index (χ0n) is 8.63. The quantitative estimate of drug-likeness (QED) is 0.843. The van der Waals surface area contributed by atoms with Gasteiger partial charge in [-0.2, -0.15) is 0 Å². The Balaban J connectivity index is 2.30. The standard InChI is InChI=1S/C11H8FN3OS/c12-7-1-3-8(4-2-7)16-11-9(10(13)17)14-5-6-15-11/h1-6H,(H2,13,17). The number of rotatable bonds is 3. The second-order valence-corrected chi connectivity index (χ2v) is 3.57. The minimum atomic E-state index is -0.342. The third-order valence-electron chi connectivity index (χ3n) is 1.93. The lowest BCUT2D eigenvalue weighted by molar-refractivity contribution is 0.457. The first-order valence-electron chi connectivity index (χ1n) is 4.71. The van der Waals surface area contributed by atoms with E-state index in [1.54, 1.807) is 0 Å². The third-order valence-corrected chi connectivity index (χ3v) is 2.12. The van der Waals surface area contributed by atoms with E-state index in [9.17, 15) is 4.39 Å². The molecule has 1 aromatic heterocycles. The van der Waals surface area contributed by atoms with Crippen molar-refractivity contribution in [2.24, 2.45) is 5.73 Å². The second-order valence-electron chi connectivity index (χ2n) is 3.13. The molecule has 0 radical (unpaired) electrons.